The molecule has 1 N–H and O–H groups in total. The van der Waals surface area contributed by atoms with Crippen molar-refractivity contribution in [3.05, 3.63) is 35.1 Å². The molecule has 1 aliphatic heterocycles. The molecule has 0 radical (unpaired) electrons. The molecule has 1 heterocycles. The number of amides is 1. The van der Waals surface area contributed by atoms with Crippen molar-refractivity contribution in [3.8, 4) is 0 Å². The number of benzene rings is 1. The minimum atomic E-state index is -0.255. The second-order valence-corrected chi connectivity index (χ2v) is 4.96. The van der Waals surface area contributed by atoms with Gasteiger partial charge in [0.1, 0.15) is 5.82 Å². The Bertz CT molecular complexity index is 445. The highest BCUT2D eigenvalue weighted by molar-refractivity contribution is 5.93. The topological polar surface area (TPSA) is 32.3 Å². The molecule has 0 saturated carbocycles. The maximum Gasteiger partial charge on any atom is 0.253 e. The molecule has 1 amide bonds. The van der Waals surface area contributed by atoms with Crippen molar-refractivity contribution in [1.29, 1.82) is 0 Å². The van der Waals surface area contributed by atoms with Gasteiger partial charge < -0.3 is 10.2 Å². The molecule has 0 aromatic heterocycles. The number of rotatable bonds is 2. The van der Waals surface area contributed by atoms with Crippen LogP contribution in [-0.4, -0.2) is 38.0 Å². The minimum Gasteiger partial charge on any atom is -0.345 e. The maximum absolute atomic E-state index is 14.1. The summed E-state index contributed by atoms with van der Waals surface area (Å²) in [5, 5.41) is 3.27. The third-order valence-corrected chi connectivity index (χ3v) is 3.43. The average Bonchev–Trinajstić information content (AvgIpc) is 2.38. The van der Waals surface area contributed by atoms with Gasteiger partial charge in [-0.25, -0.2) is 4.39 Å². The zero-order chi connectivity index (χ0) is 13.1. The summed E-state index contributed by atoms with van der Waals surface area (Å²) in [5.74, 6) is -0.143. The summed E-state index contributed by atoms with van der Waals surface area (Å²) in [6.45, 7) is 1.87. The fourth-order valence-corrected chi connectivity index (χ4v) is 2.38. The standard InChI is InChI=1S/C14H19FN2O.ClH/c1-17(2)14(18)11-3-4-12(13(15)9-11)10-5-7-16-8-6-10;/h3-4,9-10,16H,5-8H2,1-2H3;1H. The summed E-state index contributed by atoms with van der Waals surface area (Å²) in [4.78, 5) is 13.2. The Labute approximate surface area is 119 Å². The summed E-state index contributed by atoms with van der Waals surface area (Å²) in [5.41, 5.74) is 1.15. The second-order valence-electron chi connectivity index (χ2n) is 4.96. The third kappa shape index (κ3) is 3.67. The number of halogens is 2. The van der Waals surface area contributed by atoms with E-state index in [0.29, 0.717) is 5.56 Å². The lowest BCUT2D eigenvalue weighted by molar-refractivity contribution is 0.0827. The molecular weight excluding hydrogens is 267 g/mol. The Kier molecular flexibility index (Phi) is 5.76. The van der Waals surface area contributed by atoms with Crippen LogP contribution in [0.4, 0.5) is 4.39 Å². The zero-order valence-corrected chi connectivity index (χ0v) is 12.1. The van der Waals surface area contributed by atoms with Gasteiger partial charge in [0.25, 0.3) is 5.91 Å². The molecule has 2 rings (SSSR count). The first kappa shape index (κ1) is 15.9. The van der Waals surface area contributed by atoms with Gasteiger partial charge in [0.2, 0.25) is 0 Å². The Morgan fingerprint density at radius 2 is 1.95 bits per heavy atom. The first-order chi connectivity index (χ1) is 8.59. The Hall–Kier alpha value is -1.13. The number of piperidine rings is 1. The van der Waals surface area contributed by atoms with Gasteiger partial charge >= 0.3 is 0 Å². The number of hydrogen-bond donors (Lipinski definition) is 1. The van der Waals surface area contributed by atoms with Gasteiger partial charge in [0, 0.05) is 19.7 Å². The molecule has 1 aromatic carbocycles. The molecular formula is C14H20ClFN2O. The lowest BCUT2D eigenvalue weighted by Crippen LogP contribution is -2.27. The maximum atomic E-state index is 14.1. The predicted molar refractivity (Wildman–Crippen MR) is 76.5 cm³/mol. The van der Waals surface area contributed by atoms with E-state index in [9.17, 15) is 9.18 Å². The van der Waals surface area contributed by atoms with Gasteiger partial charge in [-0.15, -0.1) is 12.4 Å². The van der Waals surface area contributed by atoms with E-state index in [1.54, 1.807) is 26.2 Å². The highest BCUT2D eigenvalue weighted by atomic mass is 35.5. The first-order valence-corrected chi connectivity index (χ1v) is 6.31. The molecule has 0 aliphatic carbocycles. The minimum absolute atomic E-state index is 0. The normalized spacial score (nSPS) is 15.7. The van der Waals surface area contributed by atoms with Crippen LogP contribution in [0.25, 0.3) is 0 Å². The van der Waals surface area contributed by atoms with Crippen LogP contribution in [0.3, 0.4) is 0 Å². The summed E-state index contributed by atoms with van der Waals surface area (Å²) in [6.07, 6.45) is 1.91. The van der Waals surface area contributed by atoms with Gasteiger partial charge in [-0.05, 0) is 49.5 Å². The van der Waals surface area contributed by atoms with E-state index in [-0.39, 0.29) is 30.0 Å². The Morgan fingerprint density at radius 1 is 1.32 bits per heavy atom. The average molecular weight is 287 g/mol. The van der Waals surface area contributed by atoms with Crippen LogP contribution < -0.4 is 5.32 Å². The molecule has 0 bridgehead atoms. The van der Waals surface area contributed by atoms with Crippen molar-refractivity contribution in [2.75, 3.05) is 27.2 Å². The molecule has 5 heteroatoms. The Balaban J connectivity index is 0.00000180. The van der Waals surface area contributed by atoms with Crippen molar-refractivity contribution >= 4 is 18.3 Å². The first-order valence-electron chi connectivity index (χ1n) is 6.31. The predicted octanol–water partition coefficient (Wildman–Crippen LogP) is 2.42. The fourth-order valence-electron chi connectivity index (χ4n) is 2.38. The summed E-state index contributed by atoms with van der Waals surface area (Å²) < 4.78 is 14.1. The quantitative estimate of drug-likeness (QED) is 0.905. The third-order valence-electron chi connectivity index (χ3n) is 3.43. The largest absolute Gasteiger partial charge is 0.345 e. The van der Waals surface area contributed by atoms with Crippen LogP contribution in [0.15, 0.2) is 18.2 Å². The molecule has 0 atom stereocenters. The van der Waals surface area contributed by atoms with Crippen LogP contribution in [-0.2, 0) is 0 Å². The van der Waals surface area contributed by atoms with Crippen molar-refractivity contribution < 1.29 is 9.18 Å². The van der Waals surface area contributed by atoms with Crippen LogP contribution in [0.5, 0.6) is 0 Å². The van der Waals surface area contributed by atoms with Crippen molar-refractivity contribution in [2.45, 2.75) is 18.8 Å². The van der Waals surface area contributed by atoms with Crippen molar-refractivity contribution in [2.24, 2.45) is 0 Å². The van der Waals surface area contributed by atoms with Crippen molar-refractivity contribution in [3.63, 3.8) is 0 Å². The highest BCUT2D eigenvalue weighted by Gasteiger charge is 2.20. The molecule has 0 spiro atoms. The van der Waals surface area contributed by atoms with Crippen LogP contribution in [0.1, 0.15) is 34.7 Å². The molecule has 3 nitrogen and oxygen atoms in total. The second kappa shape index (κ2) is 6.87. The molecule has 1 fully saturated rings. The van der Waals surface area contributed by atoms with Gasteiger partial charge in [-0.2, -0.15) is 0 Å². The van der Waals surface area contributed by atoms with Gasteiger partial charge in [0.05, 0.1) is 0 Å². The van der Waals surface area contributed by atoms with E-state index < -0.39 is 0 Å². The number of nitrogens with one attached hydrogen (secondary N) is 1. The van der Waals surface area contributed by atoms with Gasteiger partial charge in [-0.1, -0.05) is 6.07 Å². The molecule has 106 valence electrons. The van der Waals surface area contributed by atoms with E-state index in [0.717, 1.165) is 31.5 Å². The SMILES string of the molecule is CN(C)C(=O)c1ccc(C2CCNCC2)c(F)c1.Cl. The van der Waals surface area contributed by atoms with E-state index in [1.165, 1.54) is 11.0 Å². The summed E-state index contributed by atoms with van der Waals surface area (Å²) >= 11 is 0. The highest BCUT2D eigenvalue weighted by Crippen LogP contribution is 2.28. The number of carbonyl (C=O) groups is 1. The molecule has 0 unspecified atom stereocenters. The molecule has 1 aliphatic rings. The van der Waals surface area contributed by atoms with E-state index in [4.69, 9.17) is 0 Å². The summed E-state index contributed by atoms with van der Waals surface area (Å²) in [7, 11) is 3.34. The van der Waals surface area contributed by atoms with E-state index in [1.807, 2.05) is 0 Å². The van der Waals surface area contributed by atoms with Gasteiger partial charge in [-0.3, -0.25) is 4.79 Å². The Morgan fingerprint density at radius 3 is 2.47 bits per heavy atom. The summed E-state index contributed by atoms with van der Waals surface area (Å²) in [6, 6.07) is 4.85. The van der Waals surface area contributed by atoms with Crippen LogP contribution >= 0.6 is 12.4 Å². The monoisotopic (exact) mass is 286 g/mol. The lowest BCUT2D eigenvalue weighted by atomic mass is 9.89. The fraction of sp³-hybridized carbons (Fsp3) is 0.500. The van der Waals surface area contributed by atoms with Crippen LogP contribution in [0.2, 0.25) is 0 Å². The lowest BCUT2D eigenvalue weighted by Gasteiger charge is -2.23. The molecule has 1 saturated heterocycles. The van der Waals surface area contributed by atoms with E-state index >= 15 is 0 Å². The number of nitrogens with zero attached hydrogens (tertiary/aromatic N) is 1. The van der Waals surface area contributed by atoms with E-state index in [2.05, 4.69) is 5.32 Å². The molecule has 19 heavy (non-hydrogen) atoms. The van der Waals surface area contributed by atoms with Crippen LogP contribution in [0, 0.1) is 5.82 Å². The van der Waals surface area contributed by atoms with Gasteiger partial charge in [0.15, 0.2) is 0 Å². The smallest absolute Gasteiger partial charge is 0.253 e. The molecule has 1 aromatic rings. The number of carbonyl (C=O) groups excluding carboxylic acids is 1. The zero-order valence-electron chi connectivity index (χ0n) is 11.3. The number of hydrogen-bond acceptors (Lipinski definition) is 2. The van der Waals surface area contributed by atoms with Crippen molar-refractivity contribution in [1.82, 2.24) is 10.2 Å².